The number of carbonyl (C=O) groups excluding carboxylic acids is 1. The maximum Gasteiger partial charge on any atom is 0.192 e. The molecule has 0 bridgehead atoms. The van der Waals surface area contributed by atoms with Crippen LogP contribution < -0.4 is 0 Å². The summed E-state index contributed by atoms with van der Waals surface area (Å²) in [7, 11) is 0. The lowest BCUT2D eigenvalue weighted by Gasteiger charge is -2.43. The Morgan fingerprint density at radius 1 is 0.704 bits per heavy atom. The zero-order valence-corrected chi connectivity index (χ0v) is 15.2. The van der Waals surface area contributed by atoms with Gasteiger partial charge in [-0.2, -0.15) is 20.5 Å². The van der Waals surface area contributed by atoms with Crippen molar-refractivity contribution in [2.75, 3.05) is 13.1 Å². The first-order valence-electron chi connectivity index (χ1n) is 9.68. The van der Waals surface area contributed by atoms with Crippen LogP contribution in [0, 0.1) is 0 Å². The molecule has 3 aliphatic rings. The first-order chi connectivity index (χ1) is 13.3. The number of carbonyl (C=O) groups is 1. The van der Waals surface area contributed by atoms with Gasteiger partial charge in [-0.15, -0.1) is 0 Å². The second-order valence-electron chi connectivity index (χ2n) is 7.81. The summed E-state index contributed by atoms with van der Waals surface area (Å²) in [5, 5.41) is 17.9. The monoisotopic (exact) mass is 358 g/mol. The normalized spacial score (nSPS) is 34.7. The molecule has 1 aliphatic carbocycles. The fourth-order valence-electron chi connectivity index (χ4n) is 5.16. The fourth-order valence-corrected chi connectivity index (χ4v) is 5.16. The van der Waals surface area contributed by atoms with Crippen molar-refractivity contribution in [1.82, 2.24) is 0 Å². The van der Waals surface area contributed by atoms with E-state index in [0.717, 1.165) is 30.4 Å². The average Bonchev–Trinajstić information content (AvgIpc) is 3.33. The number of hydrogen-bond acceptors (Lipinski definition) is 5. The van der Waals surface area contributed by atoms with Gasteiger partial charge in [0.25, 0.3) is 0 Å². The topological polar surface area (TPSA) is 66.5 Å². The standard InChI is InChI=1S/C22H22N4O/c27-20-21(18(14-23-25-21)16-8-3-1-4-9-16)12-7-13-22(20)19(15-24-26-22)17-10-5-2-6-11-17/h1-6,8-11,18-19H,7,12-15H2/t18-,19+,21-,22-/m0/s1. The second kappa shape index (κ2) is 6.19. The molecule has 27 heavy (non-hydrogen) atoms. The van der Waals surface area contributed by atoms with Crippen LogP contribution in [0.4, 0.5) is 0 Å². The maximum atomic E-state index is 14.0. The molecule has 2 aromatic carbocycles. The molecule has 1 saturated carbocycles. The third kappa shape index (κ3) is 2.34. The number of benzene rings is 2. The van der Waals surface area contributed by atoms with Crippen molar-refractivity contribution in [1.29, 1.82) is 0 Å². The first-order valence-corrected chi connectivity index (χ1v) is 9.68. The van der Waals surface area contributed by atoms with Gasteiger partial charge in [0.1, 0.15) is 0 Å². The largest absolute Gasteiger partial charge is 0.294 e. The Bertz CT molecular complexity index is 837. The minimum atomic E-state index is -0.796. The first kappa shape index (κ1) is 16.5. The van der Waals surface area contributed by atoms with Gasteiger partial charge in [0.2, 0.25) is 0 Å². The van der Waals surface area contributed by atoms with Gasteiger partial charge in [-0.1, -0.05) is 60.7 Å². The highest BCUT2D eigenvalue weighted by atomic mass is 16.1. The van der Waals surface area contributed by atoms with Gasteiger partial charge in [-0.3, -0.25) is 4.79 Å². The predicted octanol–water partition coefficient (Wildman–Crippen LogP) is 4.72. The van der Waals surface area contributed by atoms with E-state index in [2.05, 4.69) is 44.7 Å². The molecule has 0 saturated heterocycles. The van der Waals surface area contributed by atoms with Crippen molar-refractivity contribution >= 4 is 5.78 Å². The van der Waals surface area contributed by atoms with E-state index in [1.165, 1.54) is 0 Å². The minimum Gasteiger partial charge on any atom is -0.294 e. The molecular formula is C22H22N4O. The summed E-state index contributed by atoms with van der Waals surface area (Å²) in [5.41, 5.74) is 0.685. The third-order valence-corrected chi connectivity index (χ3v) is 6.49. The Morgan fingerprint density at radius 3 is 1.59 bits per heavy atom. The van der Waals surface area contributed by atoms with E-state index >= 15 is 0 Å². The van der Waals surface area contributed by atoms with Crippen LogP contribution in [0.3, 0.4) is 0 Å². The Balaban J connectivity index is 1.58. The smallest absolute Gasteiger partial charge is 0.192 e. The lowest BCUT2D eigenvalue weighted by molar-refractivity contribution is -0.133. The van der Waals surface area contributed by atoms with Crippen LogP contribution in [0.2, 0.25) is 0 Å². The molecule has 2 spiro atoms. The van der Waals surface area contributed by atoms with Gasteiger partial charge < -0.3 is 0 Å². The highest BCUT2D eigenvalue weighted by molar-refractivity contribution is 6.00. The lowest BCUT2D eigenvalue weighted by Crippen LogP contribution is -2.58. The quantitative estimate of drug-likeness (QED) is 0.766. The number of hydrogen-bond donors (Lipinski definition) is 0. The molecule has 5 heteroatoms. The van der Waals surface area contributed by atoms with Crippen LogP contribution in [0.5, 0.6) is 0 Å². The van der Waals surface area contributed by atoms with Gasteiger partial charge in [0, 0.05) is 11.8 Å². The number of azo groups is 2. The van der Waals surface area contributed by atoms with Crippen molar-refractivity contribution < 1.29 is 4.79 Å². The van der Waals surface area contributed by atoms with E-state index in [1.54, 1.807) is 0 Å². The predicted molar refractivity (Wildman–Crippen MR) is 102 cm³/mol. The summed E-state index contributed by atoms with van der Waals surface area (Å²) in [6.45, 7) is 1.14. The molecule has 5 rings (SSSR count). The third-order valence-electron chi connectivity index (χ3n) is 6.49. The number of nitrogens with zero attached hydrogens (tertiary/aromatic N) is 4. The van der Waals surface area contributed by atoms with E-state index in [-0.39, 0.29) is 17.6 Å². The number of rotatable bonds is 2. The number of Topliss-reactive ketones (excluding diaryl/α,β-unsaturated/α-hetero) is 1. The molecule has 2 aromatic rings. The van der Waals surface area contributed by atoms with E-state index in [4.69, 9.17) is 0 Å². The summed E-state index contributed by atoms with van der Waals surface area (Å²) in [6, 6.07) is 20.4. The summed E-state index contributed by atoms with van der Waals surface area (Å²) in [5.74, 6) is 0.109. The van der Waals surface area contributed by atoms with E-state index < -0.39 is 11.1 Å². The Labute approximate surface area is 158 Å². The highest BCUT2D eigenvalue weighted by Crippen LogP contribution is 2.53. The van der Waals surface area contributed by atoms with Gasteiger partial charge in [-0.05, 0) is 30.4 Å². The molecular weight excluding hydrogens is 336 g/mol. The zero-order chi connectivity index (χ0) is 18.3. The number of ketones is 1. The highest BCUT2D eigenvalue weighted by Gasteiger charge is 2.63. The van der Waals surface area contributed by atoms with E-state index in [1.807, 2.05) is 36.4 Å². The Hall–Kier alpha value is -2.69. The molecule has 0 N–H and O–H groups in total. The summed E-state index contributed by atoms with van der Waals surface area (Å²) in [6.07, 6.45) is 2.40. The second-order valence-corrected chi connectivity index (χ2v) is 7.81. The summed E-state index contributed by atoms with van der Waals surface area (Å²) < 4.78 is 0. The van der Waals surface area contributed by atoms with E-state index in [0.29, 0.717) is 13.1 Å². The van der Waals surface area contributed by atoms with Gasteiger partial charge in [-0.25, -0.2) is 0 Å². The molecule has 2 aliphatic heterocycles. The van der Waals surface area contributed by atoms with Crippen molar-refractivity contribution in [3.8, 4) is 0 Å². The Kier molecular flexibility index (Phi) is 3.78. The van der Waals surface area contributed by atoms with Crippen LogP contribution in [-0.4, -0.2) is 30.0 Å². The molecule has 0 aromatic heterocycles. The molecule has 5 nitrogen and oxygen atoms in total. The molecule has 136 valence electrons. The molecule has 0 amide bonds. The minimum absolute atomic E-state index is 0.00408. The van der Waals surface area contributed by atoms with Gasteiger partial charge in [0.15, 0.2) is 16.9 Å². The molecule has 4 atom stereocenters. The molecule has 1 fully saturated rings. The Morgan fingerprint density at radius 2 is 1.15 bits per heavy atom. The lowest BCUT2D eigenvalue weighted by atomic mass is 9.60. The van der Waals surface area contributed by atoms with Crippen molar-refractivity contribution in [3.63, 3.8) is 0 Å². The van der Waals surface area contributed by atoms with Crippen molar-refractivity contribution in [2.45, 2.75) is 42.2 Å². The van der Waals surface area contributed by atoms with Crippen LogP contribution in [0.25, 0.3) is 0 Å². The van der Waals surface area contributed by atoms with Crippen molar-refractivity contribution in [3.05, 3.63) is 71.8 Å². The molecule has 0 radical (unpaired) electrons. The van der Waals surface area contributed by atoms with Gasteiger partial charge >= 0.3 is 0 Å². The molecule has 2 heterocycles. The zero-order valence-electron chi connectivity index (χ0n) is 15.2. The molecule has 0 unspecified atom stereocenters. The fraction of sp³-hybridized carbons (Fsp3) is 0.409. The summed E-state index contributed by atoms with van der Waals surface area (Å²) >= 11 is 0. The van der Waals surface area contributed by atoms with Crippen molar-refractivity contribution in [2.24, 2.45) is 20.5 Å². The SMILES string of the molecule is O=C1[C@@]2(CCC[C@@]13N=NC[C@H]3c1ccccc1)N=NC[C@@H]2c1ccccc1. The average molecular weight is 358 g/mol. The summed E-state index contributed by atoms with van der Waals surface area (Å²) in [4.78, 5) is 14.0. The van der Waals surface area contributed by atoms with Crippen LogP contribution in [0.15, 0.2) is 81.1 Å². The van der Waals surface area contributed by atoms with E-state index in [9.17, 15) is 4.79 Å². The van der Waals surface area contributed by atoms with Crippen LogP contribution >= 0.6 is 0 Å². The van der Waals surface area contributed by atoms with Crippen LogP contribution in [0.1, 0.15) is 42.2 Å². The van der Waals surface area contributed by atoms with Crippen LogP contribution in [-0.2, 0) is 4.79 Å². The maximum absolute atomic E-state index is 14.0. The van der Waals surface area contributed by atoms with Gasteiger partial charge in [0.05, 0.1) is 13.1 Å².